The number of ether oxygens (including phenoxy) is 2. The molecule has 2 amide bonds. The molecule has 1 aliphatic rings. The molecule has 0 saturated carbocycles. The van der Waals surface area contributed by atoms with Crippen LogP contribution in [0.5, 0.6) is 11.5 Å². The Morgan fingerprint density at radius 3 is 2.90 bits per heavy atom. The van der Waals surface area contributed by atoms with E-state index in [1.807, 2.05) is 31.2 Å². The van der Waals surface area contributed by atoms with Gasteiger partial charge in [-0.1, -0.05) is 12.1 Å². The highest BCUT2D eigenvalue weighted by molar-refractivity contribution is 6.04. The number of benzene rings is 2. The fourth-order valence-corrected chi connectivity index (χ4v) is 3.19. The first-order chi connectivity index (χ1) is 14.6. The van der Waals surface area contributed by atoms with Gasteiger partial charge in [0.1, 0.15) is 18.1 Å². The first kappa shape index (κ1) is 19.4. The van der Waals surface area contributed by atoms with Crippen molar-refractivity contribution >= 4 is 23.2 Å². The van der Waals surface area contributed by atoms with E-state index in [9.17, 15) is 9.59 Å². The van der Waals surface area contributed by atoms with Crippen molar-refractivity contribution in [2.75, 3.05) is 30.0 Å². The molecular formula is C23H21N3O4. The fraction of sp³-hybridized carbons (Fsp3) is 0.174. The molecule has 2 aromatic carbocycles. The summed E-state index contributed by atoms with van der Waals surface area (Å²) < 4.78 is 11.4. The SMILES string of the molecule is Cc1cccc(OCCN2C(=O)COc3cc(NC(=O)c4cccnc4)ccc32)c1. The fourth-order valence-electron chi connectivity index (χ4n) is 3.19. The van der Waals surface area contributed by atoms with Crippen LogP contribution in [0.15, 0.2) is 67.0 Å². The molecule has 7 heteroatoms. The number of carbonyl (C=O) groups is 2. The van der Waals surface area contributed by atoms with Crippen molar-refractivity contribution in [1.82, 2.24) is 4.98 Å². The molecule has 2 heterocycles. The van der Waals surface area contributed by atoms with Gasteiger partial charge in [-0.25, -0.2) is 0 Å². The van der Waals surface area contributed by atoms with Crippen molar-refractivity contribution < 1.29 is 19.1 Å². The maximum absolute atomic E-state index is 12.4. The summed E-state index contributed by atoms with van der Waals surface area (Å²) in [5.41, 5.74) is 2.80. The third kappa shape index (κ3) is 4.41. The second-order valence-corrected chi connectivity index (χ2v) is 6.88. The molecule has 30 heavy (non-hydrogen) atoms. The van der Waals surface area contributed by atoms with Gasteiger partial charge in [0, 0.05) is 24.1 Å². The monoisotopic (exact) mass is 403 g/mol. The Hall–Kier alpha value is -3.87. The van der Waals surface area contributed by atoms with E-state index in [0.29, 0.717) is 35.8 Å². The summed E-state index contributed by atoms with van der Waals surface area (Å²) >= 11 is 0. The number of carbonyl (C=O) groups excluding carboxylic acids is 2. The minimum atomic E-state index is -0.265. The predicted octanol–water partition coefficient (Wildman–Crippen LogP) is 3.45. The van der Waals surface area contributed by atoms with E-state index in [2.05, 4.69) is 10.3 Å². The summed E-state index contributed by atoms with van der Waals surface area (Å²) in [7, 11) is 0. The number of hydrogen-bond donors (Lipinski definition) is 1. The number of aromatic nitrogens is 1. The molecule has 3 aromatic rings. The average Bonchev–Trinajstić information content (AvgIpc) is 2.76. The van der Waals surface area contributed by atoms with Crippen LogP contribution >= 0.6 is 0 Å². The molecule has 4 rings (SSSR count). The number of anilines is 2. The Kier molecular flexibility index (Phi) is 5.61. The highest BCUT2D eigenvalue weighted by Gasteiger charge is 2.26. The third-order valence-electron chi connectivity index (χ3n) is 4.66. The number of nitrogens with one attached hydrogen (secondary N) is 1. The minimum absolute atomic E-state index is 0.0581. The van der Waals surface area contributed by atoms with Crippen LogP contribution in [0.25, 0.3) is 0 Å². The van der Waals surface area contributed by atoms with Crippen molar-refractivity contribution in [3.05, 3.63) is 78.1 Å². The molecule has 1 aromatic heterocycles. The van der Waals surface area contributed by atoms with E-state index in [1.54, 1.807) is 41.4 Å². The molecule has 0 spiro atoms. The largest absolute Gasteiger partial charge is 0.492 e. The van der Waals surface area contributed by atoms with Gasteiger partial charge in [-0.15, -0.1) is 0 Å². The molecule has 0 atom stereocenters. The van der Waals surface area contributed by atoms with Crippen LogP contribution in [0.1, 0.15) is 15.9 Å². The maximum atomic E-state index is 12.4. The first-order valence-electron chi connectivity index (χ1n) is 9.58. The Labute approximate surface area is 174 Å². The molecule has 0 radical (unpaired) electrons. The Balaban J connectivity index is 1.44. The van der Waals surface area contributed by atoms with Crippen LogP contribution in [0.3, 0.4) is 0 Å². The summed E-state index contributed by atoms with van der Waals surface area (Å²) in [5, 5.41) is 2.82. The summed E-state index contributed by atoms with van der Waals surface area (Å²) in [6.45, 7) is 2.69. The number of fused-ring (bicyclic) bond motifs is 1. The van der Waals surface area contributed by atoms with Gasteiger partial charge in [-0.2, -0.15) is 0 Å². The van der Waals surface area contributed by atoms with E-state index < -0.39 is 0 Å². The molecule has 152 valence electrons. The van der Waals surface area contributed by atoms with Crippen LogP contribution in [0.2, 0.25) is 0 Å². The number of nitrogens with zero attached hydrogens (tertiary/aromatic N) is 2. The van der Waals surface area contributed by atoms with Crippen molar-refractivity contribution in [3.63, 3.8) is 0 Å². The molecular weight excluding hydrogens is 382 g/mol. The molecule has 1 aliphatic heterocycles. The van der Waals surface area contributed by atoms with Gasteiger partial charge in [0.2, 0.25) is 0 Å². The maximum Gasteiger partial charge on any atom is 0.265 e. The molecule has 0 saturated heterocycles. The second kappa shape index (κ2) is 8.65. The lowest BCUT2D eigenvalue weighted by Crippen LogP contribution is -2.41. The molecule has 1 N–H and O–H groups in total. The zero-order chi connectivity index (χ0) is 20.9. The minimum Gasteiger partial charge on any atom is -0.492 e. The summed E-state index contributed by atoms with van der Waals surface area (Å²) in [4.78, 5) is 30.3. The Morgan fingerprint density at radius 1 is 1.20 bits per heavy atom. The van der Waals surface area contributed by atoms with Gasteiger partial charge < -0.3 is 19.7 Å². The topological polar surface area (TPSA) is 80.8 Å². The van der Waals surface area contributed by atoms with E-state index in [4.69, 9.17) is 9.47 Å². The first-order valence-corrected chi connectivity index (χ1v) is 9.58. The van der Waals surface area contributed by atoms with Crippen LogP contribution in [-0.4, -0.2) is 36.6 Å². The van der Waals surface area contributed by atoms with Gasteiger partial charge in [0.25, 0.3) is 11.8 Å². The quantitative estimate of drug-likeness (QED) is 0.682. The van der Waals surface area contributed by atoms with Gasteiger partial charge in [0.15, 0.2) is 6.61 Å². The lowest BCUT2D eigenvalue weighted by molar-refractivity contribution is -0.121. The van der Waals surface area contributed by atoms with Crippen molar-refractivity contribution in [3.8, 4) is 11.5 Å². The van der Waals surface area contributed by atoms with Crippen LogP contribution in [0.4, 0.5) is 11.4 Å². The van der Waals surface area contributed by atoms with Crippen LogP contribution in [0, 0.1) is 6.92 Å². The number of amides is 2. The number of aryl methyl sites for hydroxylation is 1. The molecule has 0 fully saturated rings. The number of rotatable bonds is 6. The Bertz CT molecular complexity index is 1070. The number of hydrogen-bond acceptors (Lipinski definition) is 5. The second-order valence-electron chi connectivity index (χ2n) is 6.88. The Morgan fingerprint density at radius 2 is 2.10 bits per heavy atom. The lowest BCUT2D eigenvalue weighted by atomic mass is 10.2. The lowest BCUT2D eigenvalue weighted by Gasteiger charge is -2.29. The smallest absolute Gasteiger partial charge is 0.265 e. The van der Waals surface area contributed by atoms with E-state index in [-0.39, 0.29) is 18.4 Å². The van der Waals surface area contributed by atoms with Crippen LogP contribution < -0.4 is 19.7 Å². The van der Waals surface area contributed by atoms with Crippen LogP contribution in [-0.2, 0) is 4.79 Å². The summed E-state index contributed by atoms with van der Waals surface area (Å²) in [6, 6.07) is 16.4. The van der Waals surface area contributed by atoms with Gasteiger partial charge in [-0.05, 0) is 48.9 Å². The molecule has 7 nitrogen and oxygen atoms in total. The van der Waals surface area contributed by atoms with Gasteiger partial charge in [-0.3, -0.25) is 14.6 Å². The summed E-state index contributed by atoms with van der Waals surface area (Å²) in [5.74, 6) is 0.902. The van der Waals surface area contributed by atoms with E-state index >= 15 is 0 Å². The third-order valence-corrected chi connectivity index (χ3v) is 4.66. The van der Waals surface area contributed by atoms with Gasteiger partial charge in [0.05, 0.1) is 17.8 Å². The van der Waals surface area contributed by atoms with E-state index in [0.717, 1.165) is 11.3 Å². The predicted molar refractivity (Wildman–Crippen MR) is 113 cm³/mol. The van der Waals surface area contributed by atoms with Gasteiger partial charge >= 0.3 is 0 Å². The zero-order valence-electron chi connectivity index (χ0n) is 16.5. The van der Waals surface area contributed by atoms with Crippen molar-refractivity contribution in [2.45, 2.75) is 6.92 Å². The molecule has 0 unspecified atom stereocenters. The average molecular weight is 403 g/mol. The van der Waals surface area contributed by atoms with E-state index in [1.165, 1.54) is 6.20 Å². The molecule has 0 aliphatic carbocycles. The van der Waals surface area contributed by atoms with Crippen molar-refractivity contribution in [2.24, 2.45) is 0 Å². The van der Waals surface area contributed by atoms with Crippen molar-refractivity contribution in [1.29, 1.82) is 0 Å². The highest BCUT2D eigenvalue weighted by Crippen LogP contribution is 2.34. The standard InChI is InChI=1S/C23H21N3O4/c1-16-4-2-6-19(12-16)29-11-10-26-20-8-7-18(13-21(20)30-15-22(26)27)25-23(28)17-5-3-9-24-14-17/h2-9,12-14H,10-11,15H2,1H3,(H,25,28). The zero-order valence-corrected chi connectivity index (χ0v) is 16.5. The molecule has 0 bridgehead atoms. The highest BCUT2D eigenvalue weighted by atomic mass is 16.5. The normalized spacial score (nSPS) is 12.7. The summed E-state index contributed by atoms with van der Waals surface area (Å²) in [6.07, 6.45) is 3.11. The number of pyridine rings is 1.